The molecule has 40 heavy (non-hydrogen) atoms. The number of benzene rings is 2. The Morgan fingerprint density at radius 2 is 1.55 bits per heavy atom. The number of allylic oxidation sites excluding steroid dienone is 1. The molecule has 0 radical (unpaired) electrons. The SMILES string of the molecule is C[C@H](NCC(C=O)C(F)(F)F)NC(=O)c1ccc(/C(F)=C/C(c2ccc(Br)c(Br)c2)C(F)(F)F)cc1C(F)(F)F. The standard InChI is InChI=1S/C24H18Br2F10N2O2/c1-11(37-9-14(10-39)22(28,29)30)38-21(40)15-4-2-13(6-17(15)24(34,35)36)20(27)8-16(23(31,32)33)12-3-5-18(25)19(26)7-12/h2-8,10-11,14,16,37H,9H2,1H3,(H,38,40)/b20-8-/t11-,14?,16?/m1/s1. The van der Waals surface area contributed by atoms with E-state index in [0.29, 0.717) is 16.6 Å². The van der Waals surface area contributed by atoms with E-state index in [0.717, 1.165) is 19.1 Å². The summed E-state index contributed by atoms with van der Waals surface area (Å²) >= 11 is 6.11. The van der Waals surface area contributed by atoms with Gasteiger partial charge in [0, 0.05) is 21.1 Å². The molecule has 1 amide bonds. The van der Waals surface area contributed by atoms with Gasteiger partial charge in [-0.3, -0.25) is 10.1 Å². The van der Waals surface area contributed by atoms with Crippen LogP contribution in [0.2, 0.25) is 0 Å². The van der Waals surface area contributed by atoms with E-state index in [9.17, 15) is 53.5 Å². The zero-order chi connectivity index (χ0) is 30.6. The summed E-state index contributed by atoms with van der Waals surface area (Å²) in [4.78, 5) is 23.1. The second-order valence-electron chi connectivity index (χ2n) is 8.35. The van der Waals surface area contributed by atoms with Gasteiger partial charge in [-0.05, 0) is 74.7 Å². The van der Waals surface area contributed by atoms with Crippen LogP contribution in [0.5, 0.6) is 0 Å². The quantitative estimate of drug-likeness (QED) is 0.158. The number of carbonyl (C=O) groups excluding carboxylic acids is 2. The second kappa shape index (κ2) is 13.0. The van der Waals surface area contributed by atoms with Crippen LogP contribution in [0.3, 0.4) is 0 Å². The Balaban J connectivity index is 2.38. The van der Waals surface area contributed by atoms with Gasteiger partial charge in [-0.15, -0.1) is 0 Å². The number of rotatable bonds is 9. The fourth-order valence-electron chi connectivity index (χ4n) is 3.32. The molecule has 0 aliphatic rings. The third-order valence-corrected chi connectivity index (χ3v) is 7.27. The number of hydrogen-bond donors (Lipinski definition) is 2. The van der Waals surface area contributed by atoms with Crippen molar-refractivity contribution in [2.24, 2.45) is 5.92 Å². The lowest BCUT2D eigenvalue weighted by Crippen LogP contribution is -2.47. The maximum atomic E-state index is 14.9. The summed E-state index contributed by atoms with van der Waals surface area (Å²) in [6, 6.07) is 4.70. The molecule has 2 aromatic rings. The van der Waals surface area contributed by atoms with Crippen molar-refractivity contribution in [1.82, 2.24) is 10.6 Å². The smallest absolute Gasteiger partial charge is 0.337 e. The Bertz CT molecular complexity index is 1260. The van der Waals surface area contributed by atoms with E-state index >= 15 is 0 Å². The van der Waals surface area contributed by atoms with E-state index in [4.69, 9.17) is 0 Å². The molecule has 0 saturated heterocycles. The number of amides is 1. The maximum Gasteiger partial charge on any atom is 0.417 e. The molecule has 220 valence electrons. The Morgan fingerprint density at radius 1 is 0.925 bits per heavy atom. The van der Waals surface area contributed by atoms with Gasteiger partial charge in [-0.1, -0.05) is 12.1 Å². The minimum absolute atomic E-state index is 0.0982. The summed E-state index contributed by atoms with van der Waals surface area (Å²) in [5.74, 6) is -8.05. The van der Waals surface area contributed by atoms with Crippen LogP contribution in [0, 0.1) is 5.92 Å². The largest absolute Gasteiger partial charge is 0.417 e. The van der Waals surface area contributed by atoms with Crippen LogP contribution >= 0.6 is 31.9 Å². The average molecular weight is 716 g/mol. The van der Waals surface area contributed by atoms with Crippen molar-refractivity contribution < 1.29 is 53.5 Å². The first-order valence-corrected chi connectivity index (χ1v) is 12.5. The average Bonchev–Trinajstić information content (AvgIpc) is 2.82. The number of carbonyl (C=O) groups is 2. The molecule has 2 N–H and O–H groups in total. The van der Waals surface area contributed by atoms with E-state index in [-0.39, 0.29) is 22.9 Å². The highest BCUT2D eigenvalue weighted by atomic mass is 79.9. The molecular formula is C24H18Br2F10N2O2. The first-order chi connectivity index (χ1) is 18.3. The first-order valence-electron chi connectivity index (χ1n) is 10.9. The van der Waals surface area contributed by atoms with Gasteiger partial charge in [0.2, 0.25) is 0 Å². The Hall–Kier alpha value is -2.46. The van der Waals surface area contributed by atoms with E-state index in [1.54, 1.807) is 0 Å². The molecule has 4 nitrogen and oxygen atoms in total. The molecule has 3 atom stereocenters. The van der Waals surface area contributed by atoms with Crippen LogP contribution in [0.15, 0.2) is 51.4 Å². The van der Waals surface area contributed by atoms with Gasteiger partial charge >= 0.3 is 18.5 Å². The monoisotopic (exact) mass is 714 g/mol. The van der Waals surface area contributed by atoms with Crippen molar-refractivity contribution in [2.45, 2.75) is 37.5 Å². The highest BCUT2D eigenvalue weighted by Crippen LogP contribution is 2.41. The lowest BCUT2D eigenvalue weighted by Gasteiger charge is -2.21. The summed E-state index contributed by atoms with van der Waals surface area (Å²) in [6.07, 6.45) is -16.8. The molecule has 0 bridgehead atoms. The minimum atomic E-state index is -5.27. The van der Waals surface area contributed by atoms with Gasteiger partial charge < -0.3 is 10.1 Å². The van der Waals surface area contributed by atoms with Crippen LogP contribution in [0.25, 0.3) is 5.83 Å². The van der Waals surface area contributed by atoms with Gasteiger partial charge in [-0.25, -0.2) is 4.39 Å². The third kappa shape index (κ3) is 9.03. The predicted octanol–water partition coefficient (Wildman–Crippen LogP) is 7.93. The van der Waals surface area contributed by atoms with Crippen LogP contribution in [-0.2, 0) is 11.0 Å². The van der Waals surface area contributed by atoms with Gasteiger partial charge in [0.25, 0.3) is 5.91 Å². The third-order valence-electron chi connectivity index (χ3n) is 5.39. The maximum absolute atomic E-state index is 14.9. The zero-order valence-electron chi connectivity index (χ0n) is 19.9. The molecule has 16 heteroatoms. The Morgan fingerprint density at radius 3 is 2.05 bits per heavy atom. The number of hydrogen-bond acceptors (Lipinski definition) is 3. The second-order valence-corrected chi connectivity index (χ2v) is 10.1. The van der Waals surface area contributed by atoms with Gasteiger partial charge in [0.15, 0.2) is 0 Å². The summed E-state index contributed by atoms with van der Waals surface area (Å²) < 4.78 is 136. The first kappa shape index (κ1) is 33.7. The molecular weight excluding hydrogens is 698 g/mol. The molecule has 0 saturated carbocycles. The number of halogens is 12. The number of aldehydes is 1. The molecule has 0 spiro atoms. The van der Waals surface area contributed by atoms with Crippen LogP contribution in [-0.4, -0.2) is 37.3 Å². The van der Waals surface area contributed by atoms with E-state index in [2.05, 4.69) is 37.2 Å². The molecule has 0 heterocycles. The molecule has 0 aromatic heterocycles. The zero-order valence-corrected chi connectivity index (χ0v) is 23.1. The van der Waals surface area contributed by atoms with Gasteiger partial charge in [-0.2, -0.15) is 39.5 Å². The minimum Gasteiger partial charge on any atom is -0.337 e. The Labute approximate surface area is 237 Å². The fourth-order valence-corrected chi connectivity index (χ4v) is 3.97. The van der Waals surface area contributed by atoms with Crippen LogP contribution < -0.4 is 10.6 Å². The van der Waals surface area contributed by atoms with E-state index < -0.39 is 77.1 Å². The molecule has 2 aromatic carbocycles. The fraction of sp³-hybridized carbons (Fsp3) is 0.333. The molecule has 0 aliphatic heterocycles. The van der Waals surface area contributed by atoms with Crippen LogP contribution in [0.4, 0.5) is 43.9 Å². The van der Waals surface area contributed by atoms with Crippen molar-refractivity contribution >= 4 is 49.9 Å². The van der Waals surface area contributed by atoms with Gasteiger partial charge in [0.1, 0.15) is 23.9 Å². The number of alkyl halides is 9. The Kier molecular flexibility index (Phi) is 11.0. The molecule has 0 aliphatic carbocycles. The summed E-state index contributed by atoms with van der Waals surface area (Å²) in [5, 5.41) is 4.11. The van der Waals surface area contributed by atoms with Crippen molar-refractivity contribution in [3.05, 3.63) is 73.7 Å². The highest BCUT2D eigenvalue weighted by Gasteiger charge is 2.41. The van der Waals surface area contributed by atoms with Crippen molar-refractivity contribution in [3.8, 4) is 0 Å². The lowest BCUT2D eigenvalue weighted by molar-refractivity contribution is -0.173. The van der Waals surface area contributed by atoms with E-state index in [1.165, 1.54) is 6.07 Å². The summed E-state index contributed by atoms with van der Waals surface area (Å²) in [6.45, 7) is 0.114. The van der Waals surface area contributed by atoms with Crippen molar-refractivity contribution in [3.63, 3.8) is 0 Å². The number of nitrogens with one attached hydrogen (secondary N) is 2. The summed E-state index contributed by atoms with van der Waals surface area (Å²) in [7, 11) is 0. The summed E-state index contributed by atoms with van der Waals surface area (Å²) in [5.41, 5.74) is -4.08. The van der Waals surface area contributed by atoms with Crippen molar-refractivity contribution in [2.75, 3.05) is 6.54 Å². The van der Waals surface area contributed by atoms with Crippen LogP contribution in [0.1, 0.15) is 39.9 Å². The molecule has 2 rings (SSSR count). The highest BCUT2D eigenvalue weighted by molar-refractivity contribution is 9.13. The molecule has 2 unspecified atom stereocenters. The molecule has 0 fully saturated rings. The van der Waals surface area contributed by atoms with Crippen molar-refractivity contribution in [1.29, 1.82) is 0 Å². The predicted molar refractivity (Wildman–Crippen MR) is 132 cm³/mol. The topological polar surface area (TPSA) is 58.2 Å². The lowest BCUT2D eigenvalue weighted by atomic mass is 9.95. The van der Waals surface area contributed by atoms with Gasteiger partial charge in [0.05, 0.1) is 17.3 Å². The van der Waals surface area contributed by atoms with E-state index in [1.807, 2.05) is 5.32 Å². The normalized spacial score (nSPS) is 15.4.